The lowest BCUT2D eigenvalue weighted by molar-refractivity contribution is 0.0768. The molecular formula is C13H18FNO2. The number of halogens is 1. The molecule has 3 nitrogen and oxygen atoms in total. The fraction of sp³-hybridized carbons (Fsp3) is 0.462. The van der Waals surface area contributed by atoms with Crippen LogP contribution in [0.15, 0.2) is 18.2 Å². The second-order valence-corrected chi connectivity index (χ2v) is 4.32. The van der Waals surface area contributed by atoms with Crippen molar-refractivity contribution in [3.8, 4) is 0 Å². The zero-order valence-corrected chi connectivity index (χ0v) is 10.4. The second-order valence-electron chi connectivity index (χ2n) is 4.32. The molecule has 0 spiro atoms. The number of aliphatic hydroxyl groups is 1. The van der Waals surface area contributed by atoms with Gasteiger partial charge in [0.25, 0.3) is 5.91 Å². The van der Waals surface area contributed by atoms with Gasteiger partial charge in [-0.15, -0.1) is 0 Å². The highest BCUT2D eigenvalue weighted by molar-refractivity contribution is 5.95. The van der Waals surface area contributed by atoms with Crippen molar-refractivity contribution in [2.75, 3.05) is 13.6 Å². The lowest BCUT2D eigenvalue weighted by Crippen LogP contribution is -2.30. The van der Waals surface area contributed by atoms with E-state index in [1.165, 1.54) is 23.1 Å². The van der Waals surface area contributed by atoms with Crippen LogP contribution in [0, 0.1) is 12.7 Å². The van der Waals surface area contributed by atoms with Crippen molar-refractivity contribution in [3.63, 3.8) is 0 Å². The predicted octanol–water partition coefficient (Wildman–Crippen LogP) is 1.98. The number of carbonyl (C=O) groups is 1. The molecule has 0 aliphatic carbocycles. The van der Waals surface area contributed by atoms with E-state index in [9.17, 15) is 9.18 Å². The van der Waals surface area contributed by atoms with Crippen LogP contribution in [0.2, 0.25) is 0 Å². The predicted molar refractivity (Wildman–Crippen MR) is 64.4 cm³/mol. The van der Waals surface area contributed by atoms with Crippen LogP contribution in [0.25, 0.3) is 0 Å². The molecule has 0 aliphatic rings. The molecule has 1 aromatic carbocycles. The van der Waals surface area contributed by atoms with Gasteiger partial charge in [-0.3, -0.25) is 4.79 Å². The average Bonchev–Trinajstić information content (AvgIpc) is 2.25. The molecule has 1 atom stereocenters. The minimum Gasteiger partial charge on any atom is -0.393 e. The Morgan fingerprint density at radius 1 is 1.53 bits per heavy atom. The number of carbonyl (C=O) groups excluding carboxylic acids is 1. The number of aryl methyl sites for hydroxylation is 1. The molecule has 1 amide bonds. The normalized spacial score (nSPS) is 12.3. The van der Waals surface area contributed by atoms with Gasteiger partial charge in [-0.25, -0.2) is 4.39 Å². The van der Waals surface area contributed by atoms with Crippen molar-refractivity contribution in [2.45, 2.75) is 26.4 Å². The molecule has 0 heterocycles. The van der Waals surface area contributed by atoms with Crippen molar-refractivity contribution in [2.24, 2.45) is 0 Å². The molecule has 17 heavy (non-hydrogen) atoms. The van der Waals surface area contributed by atoms with E-state index in [1.807, 2.05) is 0 Å². The molecule has 1 rings (SSSR count). The van der Waals surface area contributed by atoms with E-state index in [0.717, 1.165) is 0 Å². The summed E-state index contributed by atoms with van der Waals surface area (Å²) in [5, 5.41) is 9.16. The second kappa shape index (κ2) is 5.77. The first-order chi connectivity index (χ1) is 7.91. The Labute approximate surface area is 101 Å². The monoisotopic (exact) mass is 239 g/mol. The first-order valence-corrected chi connectivity index (χ1v) is 5.61. The molecule has 0 radical (unpaired) electrons. The minimum absolute atomic E-state index is 0.150. The number of hydrogen-bond donors (Lipinski definition) is 1. The fourth-order valence-corrected chi connectivity index (χ4v) is 1.55. The zero-order valence-electron chi connectivity index (χ0n) is 10.4. The SMILES string of the molecule is Cc1cc(F)ccc1C(=O)N(C)CCC(C)O. The molecule has 0 bridgehead atoms. The van der Waals surface area contributed by atoms with Crippen LogP contribution in [0.4, 0.5) is 4.39 Å². The van der Waals surface area contributed by atoms with E-state index in [-0.39, 0.29) is 11.7 Å². The van der Waals surface area contributed by atoms with Gasteiger partial charge in [0.2, 0.25) is 0 Å². The van der Waals surface area contributed by atoms with Crippen LogP contribution in [0.1, 0.15) is 29.3 Å². The van der Waals surface area contributed by atoms with Crippen LogP contribution >= 0.6 is 0 Å². The van der Waals surface area contributed by atoms with Gasteiger partial charge < -0.3 is 10.0 Å². The average molecular weight is 239 g/mol. The number of benzene rings is 1. The molecular weight excluding hydrogens is 221 g/mol. The van der Waals surface area contributed by atoms with Gasteiger partial charge in [0, 0.05) is 19.2 Å². The van der Waals surface area contributed by atoms with Gasteiger partial charge in [0.15, 0.2) is 0 Å². The summed E-state index contributed by atoms with van der Waals surface area (Å²) in [6, 6.07) is 4.12. The quantitative estimate of drug-likeness (QED) is 0.872. The van der Waals surface area contributed by atoms with E-state index in [0.29, 0.717) is 24.1 Å². The van der Waals surface area contributed by atoms with Crippen LogP contribution in [-0.4, -0.2) is 35.6 Å². The molecule has 0 fully saturated rings. The number of aliphatic hydroxyl groups excluding tert-OH is 1. The Hall–Kier alpha value is -1.42. The van der Waals surface area contributed by atoms with E-state index in [1.54, 1.807) is 20.9 Å². The Bertz CT molecular complexity index is 404. The molecule has 1 unspecified atom stereocenters. The number of rotatable bonds is 4. The lowest BCUT2D eigenvalue weighted by Gasteiger charge is -2.19. The Morgan fingerprint density at radius 2 is 2.18 bits per heavy atom. The summed E-state index contributed by atoms with van der Waals surface area (Å²) >= 11 is 0. The van der Waals surface area contributed by atoms with E-state index in [2.05, 4.69) is 0 Å². The standard InChI is InChI=1S/C13H18FNO2/c1-9-8-11(14)4-5-12(9)13(17)15(3)7-6-10(2)16/h4-5,8,10,16H,6-7H2,1-3H3. The molecule has 0 saturated heterocycles. The maximum atomic E-state index is 12.9. The van der Waals surface area contributed by atoms with Crippen molar-refractivity contribution in [1.29, 1.82) is 0 Å². The first kappa shape index (κ1) is 13.6. The largest absolute Gasteiger partial charge is 0.393 e. The van der Waals surface area contributed by atoms with Gasteiger partial charge in [0.05, 0.1) is 6.10 Å². The summed E-state index contributed by atoms with van der Waals surface area (Å²) in [5.41, 5.74) is 1.12. The molecule has 4 heteroatoms. The highest BCUT2D eigenvalue weighted by Gasteiger charge is 2.14. The third-order valence-corrected chi connectivity index (χ3v) is 2.65. The molecule has 0 aromatic heterocycles. The summed E-state index contributed by atoms with van der Waals surface area (Å²) in [4.78, 5) is 13.5. The smallest absolute Gasteiger partial charge is 0.253 e. The number of nitrogens with zero attached hydrogens (tertiary/aromatic N) is 1. The van der Waals surface area contributed by atoms with Gasteiger partial charge in [-0.05, 0) is 44.0 Å². The van der Waals surface area contributed by atoms with Crippen molar-refractivity contribution >= 4 is 5.91 Å². The highest BCUT2D eigenvalue weighted by atomic mass is 19.1. The van der Waals surface area contributed by atoms with E-state index >= 15 is 0 Å². The van der Waals surface area contributed by atoms with Crippen molar-refractivity contribution in [3.05, 3.63) is 35.1 Å². The fourth-order valence-electron chi connectivity index (χ4n) is 1.55. The Morgan fingerprint density at radius 3 is 2.71 bits per heavy atom. The Balaban J connectivity index is 2.75. The van der Waals surface area contributed by atoms with Gasteiger partial charge >= 0.3 is 0 Å². The molecule has 1 aromatic rings. The topological polar surface area (TPSA) is 40.5 Å². The maximum Gasteiger partial charge on any atom is 0.253 e. The summed E-state index contributed by atoms with van der Waals surface area (Å²) in [6.45, 7) is 3.87. The molecule has 94 valence electrons. The first-order valence-electron chi connectivity index (χ1n) is 5.61. The lowest BCUT2D eigenvalue weighted by atomic mass is 10.1. The zero-order chi connectivity index (χ0) is 13.0. The van der Waals surface area contributed by atoms with Gasteiger partial charge in [-0.2, -0.15) is 0 Å². The van der Waals surface area contributed by atoms with Crippen molar-refractivity contribution < 1.29 is 14.3 Å². The van der Waals surface area contributed by atoms with Crippen molar-refractivity contribution in [1.82, 2.24) is 4.90 Å². The molecule has 1 N–H and O–H groups in total. The summed E-state index contributed by atoms with van der Waals surface area (Å²) in [7, 11) is 1.67. The minimum atomic E-state index is -0.431. The Kier molecular flexibility index (Phi) is 4.63. The summed E-state index contributed by atoms with van der Waals surface area (Å²) in [6.07, 6.45) is 0.0993. The van der Waals surface area contributed by atoms with E-state index in [4.69, 9.17) is 5.11 Å². The number of amides is 1. The van der Waals surface area contributed by atoms with Crippen LogP contribution in [-0.2, 0) is 0 Å². The summed E-state index contributed by atoms with van der Waals surface area (Å²) < 4.78 is 12.9. The van der Waals surface area contributed by atoms with Crippen LogP contribution < -0.4 is 0 Å². The maximum absolute atomic E-state index is 12.9. The van der Waals surface area contributed by atoms with E-state index < -0.39 is 6.10 Å². The summed E-state index contributed by atoms with van der Waals surface area (Å²) in [5.74, 6) is -0.492. The van der Waals surface area contributed by atoms with Gasteiger partial charge in [0.1, 0.15) is 5.82 Å². The van der Waals surface area contributed by atoms with Crippen LogP contribution in [0.3, 0.4) is 0 Å². The third-order valence-electron chi connectivity index (χ3n) is 2.65. The number of hydrogen-bond acceptors (Lipinski definition) is 2. The van der Waals surface area contributed by atoms with Crippen LogP contribution in [0.5, 0.6) is 0 Å². The van der Waals surface area contributed by atoms with Gasteiger partial charge in [-0.1, -0.05) is 0 Å². The third kappa shape index (κ3) is 3.82. The molecule has 0 saturated carbocycles. The molecule has 0 aliphatic heterocycles. The highest BCUT2D eigenvalue weighted by Crippen LogP contribution is 2.12.